The van der Waals surface area contributed by atoms with Crippen molar-refractivity contribution in [2.24, 2.45) is 0 Å². The Bertz CT molecular complexity index is 408. The molecule has 1 aliphatic heterocycles. The third-order valence-electron chi connectivity index (χ3n) is 3.96. The zero-order valence-electron chi connectivity index (χ0n) is 13.3. The molecule has 1 fully saturated rings. The molecule has 0 aromatic rings. The number of hydrogen-bond donors (Lipinski definition) is 1. The zero-order chi connectivity index (χ0) is 15.8. The summed E-state index contributed by atoms with van der Waals surface area (Å²) in [5.74, 6) is -0.349. The van der Waals surface area contributed by atoms with Crippen LogP contribution in [0.2, 0.25) is 28.3 Å². The second kappa shape index (κ2) is 5.79. The van der Waals surface area contributed by atoms with E-state index < -0.39 is 18.9 Å². The normalized spacial score (nSPS) is 27.9. The SMILES string of the molecule is COC(=O)C1[Se]CC(=O)NC1(C)O[Si](C)(C)C(C)(C)C. The summed E-state index contributed by atoms with van der Waals surface area (Å²) in [6.07, 6.45) is 0. The molecule has 7 heteroatoms. The summed E-state index contributed by atoms with van der Waals surface area (Å²) in [5, 5.41) is 3.27. The van der Waals surface area contributed by atoms with Crippen LogP contribution in [0.1, 0.15) is 27.7 Å². The second-order valence-electron chi connectivity index (χ2n) is 6.73. The van der Waals surface area contributed by atoms with Crippen LogP contribution in [0.25, 0.3) is 0 Å². The van der Waals surface area contributed by atoms with Gasteiger partial charge in [-0.1, -0.05) is 0 Å². The maximum absolute atomic E-state index is 12.0. The molecule has 0 bridgehead atoms. The Kier molecular flexibility index (Phi) is 5.12. The molecule has 1 aliphatic rings. The Morgan fingerprint density at radius 2 is 2.00 bits per heavy atom. The maximum atomic E-state index is 12.0. The number of carbonyl (C=O) groups excluding carboxylic acids is 2. The van der Waals surface area contributed by atoms with Gasteiger partial charge in [-0.3, -0.25) is 0 Å². The summed E-state index contributed by atoms with van der Waals surface area (Å²) in [6.45, 7) is 12.4. The topological polar surface area (TPSA) is 64.6 Å². The predicted molar refractivity (Wildman–Crippen MR) is 81.2 cm³/mol. The third kappa shape index (κ3) is 3.64. The molecule has 1 saturated heterocycles. The van der Waals surface area contributed by atoms with Crippen molar-refractivity contribution in [3.63, 3.8) is 0 Å². The molecule has 0 spiro atoms. The van der Waals surface area contributed by atoms with Crippen LogP contribution in [0.15, 0.2) is 0 Å². The molecular weight excluding hydrogens is 341 g/mol. The van der Waals surface area contributed by atoms with Crippen molar-refractivity contribution in [3.8, 4) is 0 Å². The number of hydrogen-bond acceptors (Lipinski definition) is 4. The fourth-order valence-corrected chi connectivity index (χ4v) is 5.78. The first-order chi connectivity index (χ1) is 8.93. The fourth-order valence-electron chi connectivity index (χ4n) is 1.86. The van der Waals surface area contributed by atoms with E-state index in [1.54, 1.807) is 6.92 Å². The molecule has 0 aromatic carbocycles. The van der Waals surface area contributed by atoms with Crippen molar-refractivity contribution in [2.45, 2.75) is 61.7 Å². The summed E-state index contributed by atoms with van der Waals surface area (Å²) in [7, 11) is -0.731. The summed E-state index contributed by atoms with van der Waals surface area (Å²) in [4.78, 5) is 23.4. The quantitative estimate of drug-likeness (QED) is 0.612. The van der Waals surface area contributed by atoms with Crippen molar-refractivity contribution in [1.82, 2.24) is 5.32 Å². The molecule has 116 valence electrons. The van der Waals surface area contributed by atoms with Crippen LogP contribution in [0, 0.1) is 0 Å². The molecule has 1 N–H and O–H groups in total. The molecule has 1 amide bonds. The van der Waals surface area contributed by atoms with Crippen molar-refractivity contribution in [3.05, 3.63) is 0 Å². The van der Waals surface area contributed by atoms with Gasteiger partial charge in [0.1, 0.15) is 0 Å². The van der Waals surface area contributed by atoms with E-state index in [0.717, 1.165) is 0 Å². The van der Waals surface area contributed by atoms with Crippen LogP contribution in [0.3, 0.4) is 0 Å². The number of methoxy groups -OCH3 is 1. The Morgan fingerprint density at radius 3 is 2.45 bits per heavy atom. The summed E-state index contributed by atoms with van der Waals surface area (Å²) in [6, 6.07) is 0. The van der Waals surface area contributed by atoms with Crippen LogP contribution < -0.4 is 5.32 Å². The van der Waals surface area contributed by atoms with Gasteiger partial charge in [-0.15, -0.1) is 0 Å². The van der Waals surface area contributed by atoms with E-state index in [0.29, 0.717) is 5.32 Å². The van der Waals surface area contributed by atoms with Gasteiger partial charge in [0.25, 0.3) is 0 Å². The van der Waals surface area contributed by atoms with Gasteiger partial charge in [0.05, 0.1) is 0 Å². The standard InChI is InChI=1S/C13H25NO4SeSi/c1-12(2,3)20(6,7)18-13(4)10(11(16)17-5)19-8-9(15)14-13/h10H,8H2,1-7H3,(H,14,15). The average Bonchev–Trinajstić information content (AvgIpc) is 2.25. The van der Waals surface area contributed by atoms with Crippen LogP contribution in [-0.4, -0.2) is 48.0 Å². The number of esters is 1. The number of nitrogens with one attached hydrogen (secondary N) is 1. The number of amides is 1. The molecule has 2 unspecified atom stereocenters. The van der Waals surface area contributed by atoms with Gasteiger partial charge >= 0.3 is 128 Å². The molecule has 0 aromatic heterocycles. The summed E-state index contributed by atoms with van der Waals surface area (Å²) >= 11 is -0.146. The van der Waals surface area contributed by atoms with Crippen LogP contribution in [0.5, 0.6) is 0 Å². The van der Waals surface area contributed by atoms with Gasteiger partial charge in [0.2, 0.25) is 0 Å². The molecule has 1 heterocycles. The third-order valence-corrected chi connectivity index (χ3v) is 11.5. The minimum absolute atomic E-state index is 0.00581. The van der Waals surface area contributed by atoms with Gasteiger partial charge < -0.3 is 0 Å². The Morgan fingerprint density at radius 1 is 1.45 bits per heavy atom. The van der Waals surface area contributed by atoms with Crippen LogP contribution in [0.4, 0.5) is 0 Å². The Labute approximate surface area is 128 Å². The second-order valence-corrected chi connectivity index (χ2v) is 13.8. The first-order valence-corrected chi connectivity index (χ1v) is 11.7. The fraction of sp³-hybridized carbons (Fsp3) is 0.846. The summed E-state index contributed by atoms with van der Waals surface area (Å²) < 4.78 is 11.2. The summed E-state index contributed by atoms with van der Waals surface area (Å²) in [5.41, 5.74) is -0.953. The van der Waals surface area contributed by atoms with E-state index in [4.69, 9.17) is 9.16 Å². The molecule has 0 radical (unpaired) electrons. The Hall–Kier alpha value is -0.364. The average molecular weight is 366 g/mol. The van der Waals surface area contributed by atoms with E-state index in [1.807, 2.05) is 0 Å². The Balaban J connectivity index is 3.06. The van der Waals surface area contributed by atoms with Crippen molar-refractivity contribution in [1.29, 1.82) is 0 Å². The molecule has 5 nitrogen and oxygen atoms in total. The predicted octanol–water partition coefficient (Wildman–Crippen LogP) is 1.94. The van der Waals surface area contributed by atoms with E-state index in [1.165, 1.54) is 7.11 Å². The van der Waals surface area contributed by atoms with Gasteiger partial charge in [-0.2, -0.15) is 0 Å². The molecular formula is C13H25NO4SeSi. The van der Waals surface area contributed by atoms with Gasteiger partial charge in [-0.25, -0.2) is 0 Å². The molecule has 20 heavy (non-hydrogen) atoms. The van der Waals surface area contributed by atoms with E-state index in [-0.39, 0.29) is 31.9 Å². The molecule has 0 aliphatic carbocycles. The number of rotatable bonds is 3. The monoisotopic (exact) mass is 367 g/mol. The zero-order valence-corrected chi connectivity index (χ0v) is 16.0. The number of ether oxygens (including phenoxy) is 1. The molecule has 1 rings (SSSR count). The van der Waals surface area contributed by atoms with Gasteiger partial charge in [0, 0.05) is 0 Å². The van der Waals surface area contributed by atoms with Crippen LogP contribution in [-0.2, 0) is 18.8 Å². The van der Waals surface area contributed by atoms with E-state index >= 15 is 0 Å². The van der Waals surface area contributed by atoms with E-state index in [2.05, 4.69) is 39.2 Å². The van der Waals surface area contributed by atoms with Gasteiger partial charge in [-0.05, 0) is 0 Å². The van der Waals surface area contributed by atoms with E-state index in [9.17, 15) is 9.59 Å². The van der Waals surface area contributed by atoms with Crippen molar-refractivity contribution >= 4 is 35.2 Å². The first kappa shape index (κ1) is 17.7. The van der Waals surface area contributed by atoms with Gasteiger partial charge in [0.15, 0.2) is 0 Å². The molecule has 0 saturated carbocycles. The number of carbonyl (C=O) groups is 2. The minimum atomic E-state index is -2.11. The van der Waals surface area contributed by atoms with Crippen molar-refractivity contribution < 1.29 is 18.8 Å². The van der Waals surface area contributed by atoms with Crippen LogP contribution >= 0.6 is 0 Å². The molecule has 2 atom stereocenters. The first-order valence-electron chi connectivity index (χ1n) is 6.63. The van der Waals surface area contributed by atoms with Crippen molar-refractivity contribution in [2.75, 3.05) is 7.11 Å².